The molecular formula is C21H23N3OS2. The number of amides is 1. The van der Waals surface area contributed by atoms with Crippen LogP contribution < -0.4 is 5.32 Å². The Labute approximate surface area is 167 Å². The van der Waals surface area contributed by atoms with Crippen LogP contribution in [-0.2, 0) is 11.2 Å². The van der Waals surface area contributed by atoms with Crippen molar-refractivity contribution in [1.82, 2.24) is 15.3 Å². The minimum atomic E-state index is -0.211. The van der Waals surface area contributed by atoms with Crippen LogP contribution in [0.1, 0.15) is 47.4 Å². The smallest absolute Gasteiger partial charge is 0.233 e. The van der Waals surface area contributed by atoms with Gasteiger partial charge in [0, 0.05) is 10.3 Å². The molecule has 1 aromatic carbocycles. The molecular weight excluding hydrogens is 374 g/mol. The lowest BCUT2D eigenvalue weighted by atomic mass is 9.88. The van der Waals surface area contributed by atoms with Crippen molar-refractivity contribution in [2.75, 3.05) is 0 Å². The lowest BCUT2D eigenvalue weighted by Gasteiger charge is -2.27. The van der Waals surface area contributed by atoms with Crippen molar-refractivity contribution < 1.29 is 4.79 Å². The highest BCUT2D eigenvalue weighted by Crippen LogP contribution is 2.36. The highest BCUT2D eigenvalue weighted by atomic mass is 32.2. The summed E-state index contributed by atoms with van der Waals surface area (Å²) in [5.41, 5.74) is 3.84. The molecule has 27 heavy (non-hydrogen) atoms. The van der Waals surface area contributed by atoms with Crippen LogP contribution in [0.2, 0.25) is 0 Å². The summed E-state index contributed by atoms with van der Waals surface area (Å²) < 4.78 is 0. The van der Waals surface area contributed by atoms with E-state index < -0.39 is 0 Å². The van der Waals surface area contributed by atoms with Gasteiger partial charge < -0.3 is 5.32 Å². The average Bonchev–Trinajstić information content (AvgIpc) is 2.97. The number of hydrogen-bond acceptors (Lipinski definition) is 5. The molecule has 1 aliphatic carbocycles. The molecule has 3 aromatic rings. The van der Waals surface area contributed by atoms with E-state index in [-0.39, 0.29) is 17.2 Å². The number of benzene rings is 1. The fourth-order valence-electron chi connectivity index (χ4n) is 3.65. The van der Waals surface area contributed by atoms with Gasteiger partial charge in [0.05, 0.1) is 11.3 Å². The minimum Gasteiger partial charge on any atom is -0.348 e. The zero-order chi connectivity index (χ0) is 19.0. The summed E-state index contributed by atoms with van der Waals surface area (Å²) in [6, 6.07) is 8.56. The van der Waals surface area contributed by atoms with Crippen molar-refractivity contribution in [2.45, 2.75) is 56.4 Å². The first-order chi connectivity index (χ1) is 13.0. The van der Waals surface area contributed by atoms with Gasteiger partial charge >= 0.3 is 0 Å². The second kappa shape index (κ2) is 7.60. The molecule has 0 saturated heterocycles. The van der Waals surface area contributed by atoms with Gasteiger partial charge in [0.15, 0.2) is 0 Å². The number of nitrogens with one attached hydrogen (secondary N) is 1. The number of carbonyl (C=O) groups is 1. The van der Waals surface area contributed by atoms with Gasteiger partial charge in [-0.3, -0.25) is 4.79 Å². The second-order valence-corrected chi connectivity index (χ2v) is 9.59. The number of carbonyl (C=O) groups excluding carboxylic acids is 1. The Morgan fingerprint density at radius 1 is 1.30 bits per heavy atom. The van der Waals surface area contributed by atoms with Gasteiger partial charge in [0.1, 0.15) is 16.2 Å². The quantitative estimate of drug-likeness (QED) is 0.498. The van der Waals surface area contributed by atoms with Crippen molar-refractivity contribution >= 4 is 39.2 Å². The summed E-state index contributed by atoms with van der Waals surface area (Å²) in [6.07, 6.45) is 4.81. The van der Waals surface area contributed by atoms with Crippen molar-refractivity contribution in [3.63, 3.8) is 0 Å². The maximum atomic E-state index is 12.9. The maximum absolute atomic E-state index is 12.9. The largest absolute Gasteiger partial charge is 0.348 e. The highest BCUT2D eigenvalue weighted by Gasteiger charge is 2.25. The third-order valence-electron chi connectivity index (χ3n) is 5.27. The van der Waals surface area contributed by atoms with Crippen molar-refractivity contribution in [1.29, 1.82) is 0 Å². The lowest BCUT2D eigenvalue weighted by Crippen LogP contribution is -2.35. The maximum Gasteiger partial charge on any atom is 0.233 e. The van der Waals surface area contributed by atoms with E-state index in [1.807, 2.05) is 6.92 Å². The summed E-state index contributed by atoms with van der Waals surface area (Å²) in [5, 5.41) is 5.04. The van der Waals surface area contributed by atoms with E-state index in [0.717, 1.165) is 34.5 Å². The van der Waals surface area contributed by atoms with Gasteiger partial charge in [0.25, 0.3) is 0 Å². The molecule has 2 atom stereocenters. The first-order valence-electron chi connectivity index (χ1n) is 9.30. The van der Waals surface area contributed by atoms with E-state index in [2.05, 4.69) is 53.4 Å². The monoisotopic (exact) mass is 397 g/mol. The molecule has 0 saturated carbocycles. The molecule has 1 amide bonds. The topological polar surface area (TPSA) is 54.9 Å². The average molecular weight is 398 g/mol. The van der Waals surface area contributed by atoms with Crippen LogP contribution in [-0.4, -0.2) is 21.1 Å². The fourth-order valence-corrected chi connectivity index (χ4v) is 5.70. The van der Waals surface area contributed by atoms with E-state index in [9.17, 15) is 4.79 Å². The number of thioether (sulfide) groups is 1. The molecule has 4 nitrogen and oxygen atoms in total. The Morgan fingerprint density at radius 2 is 2.11 bits per heavy atom. The molecule has 2 heterocycles. The Bertz CT molecular complexity index is 998. The molecule has 0 unspecified atom stereocenters. The third-order valence-corrected chi connectivity index (χ3v) is 7.49. The number of nitrogens with zero attached hydrogens (tertiary/aromatic N) is 2. The van der Waals surface area contributed by atoms with E-state index in [4.69, 9.17) is 0 Å². The van der Waals surface area contributed by atoms with Gasteiger partial charge in [0.2, 0.25) is 5.91 Å². The molecule has 1 aliphatic rings. The van der Waals surface area contributed by atoms with Gasteiger partial charge in [-0.25, -0.2) is 9.97 Å². The molecule has 1 N–H and O–H groups in total. The van der Waals surface area contributed by atoms with E-state index >= 15 is 0 Å². The molecule has 0 fully saturated rings. The van der Waals surface area contributed by atoms with Crippen molar-refractivity contribution in [3.8, 4) is 0 Å². The molecule has 0 bridgehead atoms. The number of thiophene rings is 1. The number of aromatic nitrogens is 2. The lowest BCUT2D eigenvalue weighted by molar-refractivity contribution is -0.121. The molecule has 0 aliphatic heterocycles. The first kappa shape index (κ1) is 18.4. The standard InChI is InChI=1S/C21H23N3OS2/c1-12-13(2)26-20-18(12)21(23-11-22-20)27-14(3)19(25)24-17-10-6-8-15-7-4-5-9-16(15)17/h4-5,7,9,11,14,17H,6,8,10H2,1-3H3,(H,24,25)/t14-,17+/m1/s1. The van der Waals surface area contributed by atoms with Gasteiger partial charge in [-0.2, -0.15) is 0 Å². The molecule has 6 heteroatoms. The Hall–Kier alpha value is -1.92. The number of hydrogen-bond donors (Lipinski definition) is 1. The van der Waals surface area contributed by atoms with Crippen molar-refractivity contribution in [3.05, 3.63) is 52.2 Å². The Balaban J connectivity index is 1.51. The van der Waals surface area contributed by atoms with E-state index in [0.29, 0.717) is 0 Å². The third kappa shape index (κ3) is 3.60. The number of aryl methyl sites for hydroxylation is 3. The zero-order valence-corrected chi connectivity index (χ0v) is 17.4. The van der Waals surface area contributed by atoms with Crippen molar-refractivity contribution in [2.24, 2.45) is 0 Å². The Kier molecular flexibility index (Phi) is 5.19. The zero-order valence-electron chi connectivity index (χ0n) is 15.8. The molecule has 0 spiro atoms. The summed E-state index contributed by atoms with van der Waals surface area (Å²) >= 11 is 3.21. The summed E-state index contributed by atoms with van der Waals surface area (Å²) in [7, 11) is 0. The SMILES string of the molecule is Cc1sc2ncnc(S[C@H](C)C(=O)N[C@H]3CCCc4ccccc43)c2c1C. The summed E-state index contributed by atoms with van der Waals surface area (Å²) in [6.45, 7) is 6.16. The van der Waals surface area contributed by atoms with Gasteiger partial charge in [-0.15, -0.1) is 11.3 Å². The van der Waals surface area contributed by atoms with E-state index in [1.54, 1.807) is 17.7 Å². The predicted octanol–water partition coefficient (Wildman–Crippen LogP) is 4.98. The molecule has 4 rings (SSSR count). The highest BCUT2D eigenvalue weighted by molar-refractivity contribution is 8.00. The van der Waals surface area contributed by atoms with Crippen LogP contribution in [0.4, 0.5) is 0 Å². The second-order valence-electron chi connectivity index (χ2n) is 7.05. The normalized spacial score (nSPS) is 17.5. The van der Waals surface area contributed by atoms with Crippen LogP contribution in [0.5, 0.6) is 0 Å². The summed E-state index contributed by atoms with van der Waals surface area (Å²) in [4.78, 5) is 24.0. The molecule has 140 valence electrons. The van der Waals surface area contributed by atoms with Crippen LogP contribution in [0, 0.1) is 13.8 Å². The van der Waals surface area contributed by atoms with Gasteiger partial charge in [-0.05, 0) is 56.7 Å². The molecule has 0 radical (unpaired) electrons. The predicted molar refractivity (Wildman–Crippen MR) is 112 cm³/mol. The summed E-state index contributed by atoms with van der Waals surface area (Å²) in [5.74, 6) is 0.0677. The van der Waals surface area contributed by atoms with Crippen LogP contribution in [0.15, 0.2) is 35.6 Å². The Morgan fingerprint density at radius 3 is 2.96 bits per heavy atom. The number of rotatable bonds is 4. The van der Waals surface area contributed by atoms with E-state index in [1.165, 1.54) is 33.3 Å². The van der Waals surface area contributed by atoms with Crippen LogP contribution in [0.25, 0.3) is 10.2 Å². The van der Waals surface area contributed by atoms with Crippen LogP contribution >= 0.6 is 23.1 Å². The minimum absolute atomic E-state index is 0.0677. The first-order valence-corrected chi connectivity index (χ1v) is 11.0. The van der Waals surface area contributed by atoms with Gasteiger partial charge in [-0.1, -0.05) is 36.0 Å². The van der Waals surface area contributed by atoms with Crippen LogP contribution in [0.3, 0.4) is 0 Å². The number of fused-ring (bicyclic) bond motifs is 2. The molecule has 2 aromatic heterocycles. The fraction of sp³-hybridized carbons (Fsp3) is 0.381.